The molecule has 12 heavy (non-hydrogen) atoms. The first-order valence-corrected chi connectivity index (χ1v) is 4.84. The second kappa shape index (κ2) is 3.58. The van der Waals surface area contributed by atoms with Gasteiger partial charge in [0, 0.05) is 6.61 Å². The number of aliphatic hydroxyl groups is 1. The average molecular weight is 168 g/mol. The molecule has 0 radical (unpaired) electrons. The molecular formula is C10H16O2. The molecule has 2 unspecified atom stereocenters. The van der Waals surface area contributed by atoms with Crippen LogP contribution in [0.25, 0.3) is 0 Å². The Hall–Kier alpha value is -0.340. The molecule has 1 heterocycles. The van der Waals surface area contributed by atoms with Crippen molar-refractivity contribution < 1.29 is 9.84 Å². The molecule has 2 atom stereocenters. The lowest BCUT2D eigenvalue weighted by molar-refractivity contribution is 0.111. The van der Waals surface area contributed by atoms with Crippen molar-refractivity contribution in [3.05, 3.63) is 11.6 Å². The van der Waals surface area contributed by atoms with Crippen LogP contribution in [0.5, 0.6) is 0 Å². The lowest BCUT2D eigenvalue weighted by atomic mass is 10.1. The Labute approximate surface area is 73.2 Å². The van der Waals surface area contributed by atoms with Gasteiger partial charge in [0.25, 0.3) is 0 Å². The van der Waals surface area contributed by atoms with Crippen LogP contribution in [0.15, 0.2) is 11.6 Å². The molecule has 68 valence electrons. The summed E-state index contributed by atoms with van der Waals surface area (Å²) in [5.41, 5.74) is 1.40. The zero-order valence-electron chi connectivity index (χ0n) is 7.33. The molecular weight excluding hydrogens is 152 g/mol. The van der Waals surface area contributed by atoms with Gasteiger partial charge in [-0.25, -0.2) is 0 Å². The summed E-state index contributed by atoms with van der Waals surface area (Å²) >= 11 is 0. The minimum atomic E-state index is -0.179. The van der Waals surface area contributed by atoms with E-state index in [4.69, 9.17) is 4.74 Å². The van der Waals surface area contributed by atoms with E-state index in [-0.39, 0.29) is 6.10 Å². The smallest absolute Gasteiger partial charge is 0.0726 e. The van der Waals surface area contributed by atoms with E-state index in [9.17, 15) is 5.11 Å². The van der Waals surface area contributed by atoms with E-state index in [0.29, 0.717) is 6.10 Å². The van der Waals surface area contributed by atoms with E-state index in [1.165, 1.54) is 18.4 Å². The maximum Gasteiger partial charge on any atom is 0.0726 e. The second-order valence-electron chi connectivity index (χ2n) is 3.77. The fourth-order valence-electron chi connectivity index (χ4n) is 2.04. The van der Waals surface area contributed by atoms with E-state index < -0.39 is 0 Å². The maximum absolute atomic E-state index is 9.26. The van der Waals surface area contributed by atoms with Crippen molar-refractivity contribution in [3.63, 3.8) is 0 Å². The predicted octanol–water partition coefficient (Wildman–Crippen LogP) is 1.64. The van der Waals surface area contributed by atoms with Crippen molar-refractivity contribution in [1.82, 2.24) is 0 Å². The molecule has 2 heteroatoms. The summed E-state index contributed by atoms with van der Waals surface area (Å²) < 4.78 is 5.53. The van der Waals surface area contributed by atoms with Gasteiger partial charge in [-0.15, -0.1) is 0 Å². The molecule has 1 aliphatic heterocycles. The third-order valence-electron chi connectivity index (χ3n) is 2.70. The molecule has 1 aliphatic carbocycles. The molecule has 0 aromatic rings. The largest absolute Gasteiger partial charge is 0.389 e. The van der Waals surface area contributed by atoms with Crippen LogP contribution in [0.4, 0.5) is 0 Å². The molecule has 0 bridgehead atoms. The Balaban J connectivity index is 1.82. The van der Waals surface area contributed by atoms with E-state index in [2.05, 4.69) is 0 Å². The first-order chi connectivity index (χ1) is 5.84. The molecule has 2 nitrogen and oxygen atoms in total. The molecule has 0 aromatic heterocycles. The summed E-state index contributed by atoms with van der Waals surface area (Å²) in [4.78, 5) is 0. The topological polar surface area (TPSA) is 29.5 Å². The van der Waals surface area contributed by atoms with Gasteiger partial charge in [-0.05, 0) is 32.1 Å². The average Bonchev–Trinajstić information content (AvgIpc) is 2.63. The highest BCUT2D eigenvalue weighted by Crippen LogP contribution is 2.26. The standard InChI is InChI=1S/C10H16O2/c11-9-4-3-8(6-9)7-10-2-1-5-12-10/h6,9-11H,1-5,7H2. The minimum Gasteiger partial charge on any atom is -0.389 e. The number of aliphatic hydroxyl groups excluding tert-OH is 1. The highest BCUT2D eigenvalue weighted by atomic mass is 16.5. The van der Waals surface area contributed by atoms with Crippen LogP contribution in [0.2, 0.25) is 0 Å². The Bertz CT molecular complexity index is 180. The van der Waals surface area contributed by atoms with Gasteiger partial charge in [0.05, 0.1) is 12.2 Å². The van der Waals surface area contributed by atoms with Crippen molar-refractivity contribution in [2.75, 3.05) is 6.61 Å². The third-order valence-corrected chi connectivity index (χ3v) is 2.70. The van der Waals surface area contributed by atoms with Crippen LogP contribution in [0.1, 0.15) is 32.1 Å². The normalized spacial score (nSPS) is 35.6. The maximum atomic E-state index is 9.26. The highest BCUT2D eigenvalue weighted by Gasteiger charge is 2.20. The summed E-state index contributed by atoms with van der Waals surface area (Å²) in [6, 6.07) is 0. The molecule has 1 N–H and O–H groups in total. The quantitative estimate of drug-likeness (QED) is 0.635. The number of hydrogen-bond acceptors (Lipinski definition) is 2. The van der Waals surface area contributed by atoms with Crippen LogP contribution in [-0.2, 0) is 4.74 Å². The van der Waals surface area contributed by atoms with Crippen LogP contribution < -0.4 is 0 Å². The lowest BCUT2D eigenvalue weighted by Gasteiger charge is -2.08. The summed E-state index contributed by atoms with van der Waals surface area (Å²) in [7, 11) is 0. The summed E-state index contributed by atoms with van der Waals surface area (Å²) in [5, 5.41) is 9.26. The first-order valence-electron chi connectivity index (χ1n) is 4.84. The second-order valence-corrected chi connectivity index (χ2v) is 3.77. The Kier molecular flexibility index (Phi) is 2.47. The molecule has 2 aliphatic rings. The van der Waals surface area contributed by atoms with E-state index in [0.717, 1.165) is 25.9 Å². The van der Waals surface area contributed by atoms with Gasteiger partial charge < -0.3 is 9.84 Å². The highest BCUT2D eigenvalue weighted by molar-refractivity contribution is 5.12. The zero-order valence-corrected chi connectivity index (χ0v) is 7.33. The zero-order chi connectivity index (χ0) is 8.39. The molecule has 0 spiro atoms. The van der Waals surface area contributed by atoms with Gasteiger partial charge >= 0.3 is 0 Å². The Morgan fingerprint density at radius 2 is 2.42 bits per heavy atom. The number of ether oxygens (including phenoxy) is 1. The van der Waals surface area contributed by atoms with Crippen molar-refractivity contribution in [2.24, 2.45) is 0 Å². The fraction of sp³-hybridized carbons (Fsp3) is 0.800. The van der Waals surface area contributed by atoms with Gasteiger partial charge in [0.1, 0.15) is 0 Å². The van der Waals surface area contributed by atoms with E-state index >= 15 is 0 Å². The van der Waals surface area contributed by atoms with Crippen LogP contribution >= 0.6 is 0 Å². The van der Waals surface area contributed by atoms with E-state index in [1.807, 2.05) is 6.08 Å². The van der Waals surface area contributed by atoms with Gasteiger partial charge in [-0.2, -0.15) is 0 Å². The Morgan fingerprint density at radius 1 is 1.50 bits per heavy atom. The molecule has 2 rings (SSSR count). The summed E-state index contributed by atoms with van der Waals surface area (Å²) in [6.45, 7) is 0.931. The first kappa shape index (κ1) is 8.27. The van der Waals surface area contributed by atoms with Crippen molar-refractivity contribution in [1.29, 1.82) is 0 Å². The molecule has 1 saturated heterocycles. The molecule has 1 fully saturated rings. The monoisotopic (exact) mass is 168 g/mol. The van der Waals surface area contributed by atoms with E-state index in [1.54, 1.807) is 0 Å². The number of rotatable bonds is 2. The van der Waals surface area contributed by atoms with Crippen molar-refractivity contribution >= 4 is 0 Å². The van der Waals surface area contributed by atoms with Crippen LogP contribution in [0.3, 0.4) is 0 Å². The van der Waals surface area contributed by atoms with Gasteiger partial charge in [-0.3, -0.25) is 0 Å². The lowest BCUT2D eigenvalue weighted by Crippen LogP contribution is -2.05. The van der Waals surface area contributed by atoms with Crippen LogP contribution in [0, 0.1) is 0 Å². The Morgan fingerprint density at radius 3 is 3.00 bits per heavy atom. The van der Waals surface area contributed by atoms with Gasteiger partial charge in [-0.1, -0.05) is 11.6 Å². The van der Waals surface area contributed by atoms with Crippen LogP contribution in [-0.4, -0.2) is 23.9 Å². The van der Waals surface area contributed by atoms with Crippen molar-refractivity contribution in [2.45, 2.75) is 44.3 Å². The van der Waals surface area contributed by atoms with Crippen molar-refractivity contribution in [3.8, 4) is 0 Å². The van der Waals surface area contributed by atoms with Gasteiger partial charge in [0.2, 0.25) is 0 Å². The number of hydrogen-bond donors (Lipinski definition) is 1. The summed E-state index contributed by atoms with van der Waals surface area (Å²) in [6.07, 6.45) is 7.72. The minimum absolute atomic E-state index is 0.179. The predicted molar refractivity (Wildman–Crippen MR) is 46.9 cm³/mol. The third kappa shape index (κ3) is 1.87. The molecule has 0 saturated carbocycles. The fourth-order valence-corrected chi connectivity index (χ4v) is 2.04. The molecule has 0 amide bonds. The van der Waals surface area contributed by atoms with Gasteiger partial charge in [0.15, 0.2) is 0 Å². The molecule has 0 aromatic carbocycles. The summed E-state index contributed by atoms with van der Waals surface area (Å²) in [5.74, 6) is 0. The SMILES string of the molecule is OC1C=C(CC2CCCO2)CC1.